The molecule has 2 N–H and O–H groups in total. The Morgan fingerprint density at radius 3 is 2.84 bits per heavy atom. The van der Waals surface area contributed by atoms with Gasteiger partial charge in [0, 0.05) is 12.1 Å². The van der Waals surface area contributed by atoms with Gasteiger partial charge in [0.15, 0.2) is 0 Å². The minimum atomic E-state index is 0.685. The molecule has 2 aromatic carbocycles. The van der Waals surface area contributed by atoms with Crippen molar-refractivity contribution in [1.82, 2.24) is 0 Å². The van der Waals surface area contributed by atoms with E-state index in [2.05, 4.69) is 30.0 Å². The van der Waals surface area contributed by atoms with Crippen molar-refractivity contribution in [2.24, 2.45) is 0 Å². The zero-order valence-corrected chi connectivity index (χ0v) is 11.1. The van der Waals surface area contributed by atoms with Gasteiger partial charge in [0.1, 0.15) is 12.4 Å². The van der Waals surface area contributed by atoms with E-state index in [1.165, 1.54) is 11.1 Å². The third kappa shape index (κ3) is 2.36. The highest BCUT2D eigenvalue weighted by Gasteiger charge is 2.16. The van der Waals surface area contributed by atoms with E-state index in [1.54, 1.807) is 0 Å². The van der Waals surface area contributed by atoms with E-state index in [1.807, 2.05) is 24.3 Å². The monoisotopic (exact) mass is 254 g/mol. The number of anilines is 2. The van der Waals surface area contributed by atoms with Crippen LogP contribution in [0.4, 0.5) is 11.4 Å². The molecule has 3 nitrogen and oxygen atoms in total. The first-order chi connectivity index (χ1) is 9.24. The van der Waals surface area contributed by atoms with Gasteiger partial charge in [-0.05, 0) is 30.7 Å². The molecule has 2 aromatic rings. The largest absolute Gasteiger partial charge is 0.491 e. The molecule has 19 heavy (non-hydrogen) atoms. The number of fused-ring (bicyclic) bond motifs is 1. The molecule has 3 heteroatoms. The molecule has 0 saturated heterocycles. The van der Waals surface area contributed by atoms with E-state index in [9.17, 15) is 0 Å². The first kappa shape index (κ1) is 11.9. The van der Waals surface area contributed by atoms with Crippen molar-refractivity contribution in [3.8, 4) is 5.75 Å². The van der Waals surface area contributed by atoms with E-state index < -0.39 is 0 Å². The maximum absolute atomic E-state index is 6.14. The number of benzene rings is 2. The van der Waals surface area contributed by atoms with Gasteiger partial charge in [0.25, 0.3) is 0 Å². The van der Waals surface area contributed by atoms with Crippen LogP contribution in [0, 0.1) is 6.92 Å². The number of nitrogens with zero attached hydrogens (tertiary/aromatic N) is 1. The summed E-state index contributed by atoms with van der Waals surface area (Å²) in [6, 6.07) is 14.4. The lowest BCUT2D eigenvalue weighted by Crippen LogP contribution is -2.26. The summed E-state index contributed by atoms with van der Waals surface area (Å²) in [4.78, 5) is 2.28. The Balaban J connectivity index is 1.94. The molecule has 0 radical (unpaired) electrons. The summed E-state index contributed by atoms with van der Waals surface area (Å²) in [5.41, 5.74) is 10.5. The highest BCUT2D eigenvalue weighted by molar-refractivity contribution is 5.68. The van der Waals surface area contributed by atoms with Crippen LogP contribution in [0.15, 0.2) is 42.5 Å². The van der Waals surface area contributed by atoms with Gasteiger partial charge in [0.05, 0.1) is 17.9 Å². The Hall–Kier alpha value is -2.16. The van der Waals surface area contributed by atoms with Gasteiger partial charge < -0.3 is 15.4 Å². The quantitative estimate of drug-likeness (QED) is 0.795. The first-order valence-electron chi connectivity index (χ1n) is 6.56. The maximum Gasteiger partial charge on any atom is 0.124 e. The molecule has 0 spiro atoms. The van der Waals surface area contributed by atoms with Crippen LogP contribution in [0.25, 0.3) is 0 Å². The predicted molar refractivity (Wildman–Crippen MR) is 78.6 cm³/mol. The fourth-order valence-corrected chi connectivity index (χ4v) is 2.49. The minimum Gasteiger partial charge on any atom is -0.491 e. The molecule has 3 rings (SSSR count). The molecule has 98 valence electrons. The van der Waals surface area contributed by atoms with Crippen LogP contribution in [-0.4, -0.2) is 13.2 Å². The van der Waals surface area contributed by atoms with E-state index in [4.69, 9.17) is 10.5 Å². The smallest absolute Gasteiger partial charge is 0.124 e. The average Bonchev–Trinajstić information content (AvgIpc) is 2.60. The van der Waals surface area contributed by atoms with Crippen LogP contribution >= 0.6 is 0 Å². The predicted octanol–water partition coefficient (Wildman–Crippen LogP) is 2.98. The summed E-state index contributed by atoms with van der Waals surface area (Å²) < 4.78 is 5.78. The number of para-hydroxylation sites is 1. The zero-order chi connectivity index (χ0) is 13.2. The lowest BCUT2D eigenvalue weighted by Gasteiger charge is -2.24. The Kier molecular flexibility index (Phi) is 3.03. The number of ether oxygens (including phenoxy) is 1. The van der Waals surface area contributed by atoms with Crippen molar-refractivity contribution in [3.63, 3.8) is 0 Å². The van der Waals surface area contributed by atoms with Crippen LogP contribution in [0.1, 0.15) is 11.1 Å². The van der Waals surface area contributed by atoms with Gasteiger partial charge in [-0.25, -0.2) is 0 Å². The Morgan fingerprint density at radius 1 is 1.16 bits per heavy atom. The molecule has 0 bridgehead atoms. The summed E-state index contributed by atoms with van der Waals surface area (Å²) in [5, 5.41) is 0. The standard InChI is InChI=1S/C16H18N2O/c1-12-6-7-15(14(17)10-12)18-8-9-19-16-5-3-2-4-13(16)11-18/h2-7,10H,8-9,11,17H2,1H3. The second-order valence-electron chi connectivity index (χ2n) is 4.94. The molecule has 0 saturated carbocycles. The molecule has 1 heterocycles. The zero-order valence-electron chi connectivity index (χ0n) is 11.1. The van der Waals surface area contributed by atoms with Crippen LogP contribution in [0.5, 0.6) is 5.75 Å². The highest BCUT2D eigenvalue weighted by Crippen LogP contribution is 2.29. The molecule has 0 unspecified atom stereocenters. The van der Waals surface area contributed by atoms with Crippen molar-refractivity contribution in [3.05, 3.63) is 53.6 Å². The molecule has 0 amide bonds. The lowest BCUT2D eigenvalue weighted by molar-refractivity contribution is 0.331. The SMILES string of the molecule is Cc1ccc(N2CCOc3ccccc3C2)c(N)c1. The summed E-state index contributed by atoms with van der Waals surface area (Å²) in [5.74, 6) is 0.982. The molecule has 0 aliphatic carbocycles. The second kappa shape index (κ2) is 4.84. The van der Waals surface area contributed by atoms with E-state index >= 15 is 0 Å². The molecule has 0 fully saturated rings. The molecular formula is C16H18N2O. The molecule has 1 aliphatic heterocycles. The van der Waals surface area contributed by atoms with E-state index in [0.29, 0.717) is 6.61 Å². The van der Waals surface area contributed by atoms with Crippen molar-refractivity contribution >= 4 is 11.4 Å². The van der Waals surface area contributed by atoms with Crippen LogP contribution in [-0.2, 0) is 6.54 Å². The van der Waals surface area contributed by atoms with Crippen LogP contribution < -0.4 is 15.4 Å². The number of nitrogen functional groups attached to an aromatic ring is 1. The molecule has 1 aliphatic rings. The van der Waals surface area contributed by atoms with Gasteiger partial charge in [-0.15, -0.1) is 0 Å². The number of nitrogens with two attached hydrogens (primary N) is 1. The van der Waals surface area contributed by atoms with Gasteiger partial charge >= 0.3 is 0 Å². The fourth-order valence-electron chi connectivity index (χ4n) is 2.49. The Labute approximate surface area is 113 Å². The second-order valence-corrected chi connectivity index (χ2v) is 4.94. The van der Waals surface area contributed by atoms with E-state index in [0.717, 1.165) is 30.2 Å². The van der Waals surface area contributed by atoms with Gasteiger partial charge in [-0.3, -0.25) is 0 Å². The molecular weight excluding hydrogens is 236 g/mol. The van der Waals surface area contributed by atoms with Crippen LogP contribution in [0.2, 0.25) is 0 Å². The molecule has 0 aromatic heterocycles. The summed E-state index contributed by atoms with van der Waals surface area (Å²) >= 11 is 0. The number of hydrogen-bond donors (Lipinski definition) is 1. The lowest BCUT2D eigenvalue weighted by atomic mass is 10.1. The van der Waals surface area contributed by atoms with E-state index in [-0.39, 0.29) is 0 Å². The third-order valence-electron chi connectivity index (χ3n) is 3.48. The minimum absolute atomic E-state index is 0.685. The van der Waals surface area contributed by atoms with Crippen molar-refractivity contribution in [1.29, 1.82) is 0 Å². The first-order valence-corrected chi connectivity index (χ1v) is 6.56. The number of rotatable bonds is 1. The van der Waals surface area contributed by atoms with Crippen molar-refractivity contribution in [2.75, 3.05) is 23.8 Å². The number of hydrogen-bond acceptors (Lipinski definition) is 3. The van der Waals surface area contributed by atoms with Crippen molar-refractivity contribution < 1.29 is 4.74 Å². The normalized spacial score (nSPS) is 14.5. The van der Waals surface area contributed by atoms with Crippen LogP contribution in [0.3, 0.4) is 0 Å². The summed E-state index contributed by atoms with van der Waals surface area (Å²) in [6.07, 6.45) is 0. The summed E-state index contributed by atoms with van der Waals surface area (Å²) in [6.45, 7) is 4.43. The number of aryl methyl sites for hydroxylation is 1. The third-order valence-corrected chi connectivity index (χ3v) is 3.48. The van der Waals surface area contributed by atoms with Gasteiger partial charge in [0.2, 0.25) is 0 Å². The van der Waals surface area contributed by atoms with Crippen molar-refractivity contribution in [2.45, 2.75) is 13.5 Å². The molecule has 0 atom stereocenters. The average molecular weight is 254 g/mol. The Bertz CT molecular complexity index is 595. The maximum atomic E-state index is 6.14. The van der Waals surface area contributed by atoms with Gasteiger partial charge in [-0.2, -0.15) is 0 Å². The van der Waals surface area contributed by atoms with Gasteiger partial charge in [-0.1, -0.05) is 24.3 Å². The topological polar surface area (TPSA) is 38.5 Å². The Morgan fingerprint density at radius 2 is 2.00 bits per heavy atom. The fraction of sp³-hybridized carbons (Fsp3) is 0.250. The highest BCUT2D eigenvalue weighted by atomic mass is 16.5. The summed E-state index contributed by atoms with van der Waals surface area (Å²) in [7, 11) is 0.